The smallest absolute Gasteiger partial charge is 0.269 e. The number of carbonyl (C=O) groups is 2. The van der Waals surface area contributed by atoms with Gasteiger partial charge in [0.05, 0.1) is 15.9 Å². The van der Waals surface area contributed by atoms with Crippen molar-refractivity contribution in [3.8, 4) is 0 Å². The fraction of sp³-hybridized carbons (Fsp3) is 0.250. The Morgan fingerprint density at radius 3 is 2.43 bits per heavy atom. The van der Waals surface area contributed by atoms with Crippen molar-refractivity contribution >= 4 is 32.9 Å². The highest BCUT2D eigenvalue weighted by Crippen LogP contribution is 2.21. The molecule has 0 unspecified atom stereocenters. The van der Waals surface area contributed by atoms with Crippen LogP contribution < -0.4 is 10.9 Å². The number of benzene rings is 2. The molecule has 0 aliphatic heterocycles. The lowest BCUT2D eigenvalue weighted by Gasteiger charge is -2.10. The van der Waals surface area contributed by atoms with Crippen molar-refractivity contribution in [3.63, 3.8) is 0 Å². The first kappa shape index (κ1) is 21.5. The minimum Gasteiger partial charge on any atom is -0.331 e. The molecule has 0 atom stereocenters. The zero-order chi connectivity index (χ0) is 21.9. The van der Waals surface area contributed by atoms with Gasteiger partial charge in [0.25, 0.3) is 5.91 Å². The molecular formula is C20H23N5O4S. The van der Waals surface area contributed by atoms with Crippen LogP contribution in [0.4, 0.5) is 0 Å². The number of hydrazine groups is 1. The molecule has 0 aliphatic rings. The summed E-state index contributed by atoms with van der Waals surface area (Å²) < 4.78 is 27.6. The van der Waals surface area contributed by atoms with E-state index in [-0.39, 0.29) is 17.2 Å². The summed E-state index contributed by atoms with van der Waals surface area (Å²) in [5.41, 5.74) is 6.50. The van der Waals surface area contributed by atoms with Crippen LogP contribution in [0.2, 0.25) is 0 Å². The third-order valence-electron chi connectivity index (χ3n) is 4.65. The van der Waals surface area contributed by atoms with Crippen molar-refractivity contribution < 1.29 is 18.0 Å². The number of nitrogens with one attached hydrogen (secondary N) is 2. The maximum absolute atomic E-state index is 12.3. The maximum Gasteiger partial charge on any atom is 0.269 e. The Kier molecular flexibility index (Phi) is 6.18. The molecule has 1 aromatic heterocycles. The third kappa shape index (κ3) is 4.50. The van der Waals surface area contributed by atoms with Crippen molar-refractivity contribution in [2.75, 3.05) is 14.1 Å². The molecule has 10 heteroatoms. The highest BCUT2D eigenvalue weighted by atomic mass is 32.2. The summed E-state index contributed by atoms with van der Waals surface area (Å²) >= 11 is 0. The molecule has 2 N–H and O–H groups in total. The predicted octanol–water partition coefficient (Wildman–Crippen LogP) is 1.22. The molecule has 2 amide bonds. The highest BCUT2D eigenvalue weighted by molar-refractivity contribution is 7.89. The fourth-order valence-corrected chi connectivity index (χ4v) is 3.82. The van der Waals surface area contributed by atoms with Crippen molar-refractivity contribution in [2.24, 2.45) is 7.05 Å². The van der Waals surface area contributed by atoms with Crippen LogP contribution in [0, 0.1) is 0 Å². The Bertz CT molecular complexity index is 1190. The van der Waals surface area contributed by atoms with Gasteiger partial charge in [-0.2, -0.15) is 0 Å². The first-order chi connectivity index (χ1) is 14.2. The average Bonchev–Trinajstić information content (AvgIpc) is 3.06. The van der Waals surface area contributed by atoms with Crippen LogP contribution in [0.1, 0.15) is 22.6 Å². The summed E-state index contributed by atoms with van der Waals surface area (Å²) in [7, 11) is 1.19. The molecule has 9 nitrogen and oxygen atoms in total. The Morgan fingerprint density at radius 2 is 1.77 bits per heavy atom. The van der Waals surface area contributed by atoms with E-state index in [1.165, 1.54) is 26.2 Å². The molecule has 3 aromatic rings. The molecule has 0 spiro atoms. The molecule has 158 valence electrons. The molecule has 1 heterocycles. The van der Waals surface area contributed by atoms with E-state index in [2.05, 4.69) is 15.8 Å². The largest absolute Gasteiger partial charge is 0.331 e. The highest BCUT2D eigenvalue weighted by Gasteiger charge is 2.19. The second-order valence-corrected chi connectivity index (χ2v) is 9.05. The Labute approximate surface area is 174 Å². The van der Waals surface area contributed by atoms with E-state index in [1.807, 2.05) is 4.57 Å². The Hall–Kier alpha value is -3.24. The van der Waals surface area contributed by atoms with Crippen LogP contribution in [-0.4, -0.2) is 48.2 Å². The summed E-state index contributed by atoms with van der Waals surface area (Å²) in [5.74, 6) is -0.127. The van der Waals surface area contributed by atoms with E-state index in [4.69, 9.17) is 0 Å². The summed E-state index contributed by atoms with van der Waals surface area (Å²) in [5, 5.41) is 0. The van der Waals surface area contributed by atoms with E-state index in [0.29, 0.717) is 23.3 Å². The van der Waals surface area contributed by atoms with Crippen molar-refractivity contribution in [2.45, 2.75) is 17.7 Å². The summed E-state index contributed by atoms with van der Waals surface area (Å²) in [6.45, 7) is 0. The monoisotopic (exact) mass is 429 g/mol. The van der Waals surface area contributed by atoms with Crippen LogP contribution in [0.15, 0.2) is 53.4 Å². The van der Waals surface area contributed by atoms with Gasteiger partial charge in [0, 0.05) is 39.5 Å². The van der Waals surface area contributed by atoms with Gasteiger partial charge in [-0.3, -0.25) is 20.4 Å². The Balaban J connectivity index is 1.65. The van der Waals surface area contributed by atoms with Gasteiger partial charge in [-0.05, 0) is 30.3 Å². The fourth-order valence-electron chi connectivity index (χ4n) is 2.90. The molecule has 3 rings (SSSR count). The minimum atomic E-state index is -3.56. The molecule has 0 aliphatic carbocycles. The van der Waals surface area contributed by atoms with Crippen molar-refractivity contribution in [1.29, 1.82) is 0 Å². The molecule has 0 saturated carbocycles. The van der Waals surface area contributed by atoms with E-state index >= 15 is 0 Å². The van der Waals surface area contributed by atoms with Gasteiger partial charge in [-0.25, -0.2) is 17.7 Å². The van der Waals surface area contributed by atoms with E-state index in [1.54, 1.807) is 43.4 Å². The first-order valence-corrected chi connectivity index (χ1v) is 10.7. The number of imidazole rings is 1. The topological polar surface area (TPSA) is 113 Å². The number of aryl methyl sites for hydroxylation is 2. The number of fused-ring (bicyclic) bond motifs is 1. The first-order valence-electron chi connectivity index (χ1n) is 9.22. The average molecular weight is 430 g/mol. The van der Waals surface area contributed by atoms with Crippen LogP contribution in [-0.2, 0) is 28.3 Å². The van der Waals surface area contributed by atoms with E-state index < -0.39 is 15.9 Å². The lowest BCUT2D eigenvalue weighted by molar-refractivity contribution is -0.121. The molecule has 0 bridgehead atoms. The number of sulfonamides is 1. The van der Waals surface area contributed by atoms with E-state index in [9.17, 15) is 18.0 Å². The molecule has 0 fully saturated rings. The lowest BCUT2D eigenvalue weighted by Crippen LogP contribution is -2.41. The minimum absolute atomic E-state index is 0.106. The van der Waals surface area contributed by atoms with Gasteiger partial charge in [-0.15, -0.1) is 0 Å². The van der Waals surface area contributed by atoms with Gasteiger partial charge in [-0.1, -0.05) is 18.2 Å². The number of aromatic nitrogens is 2. The summed E-state index contributed by atoms with van der Waals surface area (Å²) in [6.07, 6.45) is 0.434. The molecular weight excluding hydrogens is 406 g/mol. The van der Waals surface area contributed by atoms with Crippen molar-refractivity contribution in [3.05, 3.63) is 59.9 Å². The summed E-state index contributed by atoms with van der Waals surface area (Å²) in [4.78, 5) is 28.7. The van der Waals surface area contributed by atoms with Gasteiger partial charge in [0.2, 0.25) is 15.9 Å². The number of nitrogens with zero attached hydrogens (tertiary/aromatic N) is 3. The van der Waals surface area contributed by atoms with Gasteiger partial charge in [0.1, 0.15) is 5.82 Å². The normalized spacial score (nSPS) is 11.6. The third-order valence-corrected chi connectivity index (χ3v) is 6.46. The van der Waals surface area contributed by atoms with Crippen LogP contribution >= 0.6 is 0 Å². The van der Waals surface area contributed by atoms with Gasteiger partial charge in [0.15, 0.2) is 0 Å². The number of amides is 2. The van der Waals surface area contributed by atoms with Crippen LogP contribution in [0.3, 0.4) is 0 Å². The lowest BCUT2D eigenvalue weighted by atomic mass is 10.2. The second-order valence-electron chi connectivity index (χ2n) is 6.89. The van der Waals surface area contributed by atoms with Gasteiger partial charge >= 0.3 is 0 Å². The van der Waals surface area contributed by atoms with Crippen LogP contribution in [0.25, 0.3) is 11.0 Å². The number of rotatable bonds is 6. The molecule has 30 heavy (non-hydrogen) atoms. The molecule has 2 aromatic carbocycles. The zero-order valence-corrected chi connectivity index (χ0v) is 17.7. The van der Waals surface area contributed by atoms with Gasteiger partial charge < -0.3 is 4.57 Å². The zero-order valence-electron chi connectivity index (χ0n) is 16.9. The van der Waals surface area contributed by atoms with E-state index in [0.717, 1.165) is 9.82 Å². The summed E-state index contributed by atoms with van der Waals surface area (Å²) in [6, 6.07) is 13.3. The SMILES string of the molecule is CN(C)S(=O)(=O)c1ccc2c(c1)nc(CCC(=O)NNC(=O)c1ccccc1)n2C. The molecule has 0 radical (unpaired) electrons. The number of hydrogen-bond acceptors (Lipinski definition) is 5. The Morgan fingerprint density at radius 1 is 1.07 bits per heavy atom. The van der Waals surface area contributed by atoms with Crippen molar-refractivity contribution in [1.82, 2.24) is 24.7 Å². The number of hydrogen-bond donors (Lipinski definition) is 2. The maximum atomic E-state index is 12.3. The molecule has 0 saturated heterocycles. The number of carbonyl (C=O) groups excluding carboxylic acids is 2. The quantitative estimate of drug-likeness (QED) is 0.572. The van der Waals surface area contributed by atoms with Crippen LogP contribution in [0.5, 0.6) is 0 Å². The second kappa shape index (κ2) is 8.64. The predicted molar refractivity (Wildman–Crippen MR) is 112 cm³/mol. The standard InChI is InChI=1S/C20H23N5O4S/c1-24(2)30(28,29)15-9-10-17-16(13-15)21-18(25(17)3)11-12-19(26)22-23-20(27)14-7-5-4-6-8-14/h4-10,13H,11-12H2,1-3H3,(H,22,26)(H,23,27).